The van der Waals surface area contributed by atoms with Crippen molar-refractivity contribution in [1.82, 2.24) is 0 Å². The quantitative estimate of drug-likeness (QED) is 0.284. The van der Waals surface area contributed by atoms with E-state index in [4.69, 9.17) is 4.74 Å². The van der Waals surface area contributed by atoms with Crippen LogP contribution in [-0.2, 0) is 16.0 Å². The summed E-state index contributed by atoms with van der Waals surface area (Å²) in [6.07, 6.45) is 14.2. The van der Waals surface area contributed by atoms with Gasteiger partial charge in [0.1, 0.15) is 6.10 Å². The van der Waals surface area contributed by atoms with Crippen LogP contribution < -0.4 is 0 Å². The van der Waals surface area contributed by atoms with Crippen LogP contribution in [0.25, 0.3) is 0 Å². The summed E-state index contributed by atoms with van der Waals surface area (Å²) in [5.41, 5.74) is 0. The van der Waals surface area contributed by atoms with Crippen LogP contribution in [-0.4, -0.2) is 12.1 Å². The summed E-state index contributed by atoms with van der Waals surface area (Å²) in [4.78, 5) is 13.1. The maximum Gasteiger partial charge on any atom is 0.311 e. The van der Waals surface area contributed by atoms with E-state index in [0.717, 1.165) is 24.1 Å². The molecule has 1 unspecified atom stereocenters. The average Bonchev–Trinajstić information content (AvgIpc) is 3.02. The van der Waals surface area contributed by atoms with Gasteiger partial charge in [-0.25, -0.2) is 0 Å². The lowest BCUT2D eigenvalue weighted by molar-refractivity contribution is -0.148. The highest BCUT2D eigenvalue weighted by atomic mass is 32.1. The van der Waals surface area contributed by atoms with E-state index in [0.29, 0.717) is 6.42 Å². The molecule has 0 spiro atoms. The Morgan fingerprint density at radius 2 is 1.70 bits per heavy atom. The fraction of sp³-hybridized carbons (Fsp3) is 0.750. The predicted molar refractivity (Wildman–Crippen MR) is 100 cm³/mol. The minimum absolute atomic E-state index is 0.0644. The molecule has 0 aromatic carbocycles. The van der Waals surface area contributed by atoms with Gasteiger partial charge in [0.25, 0.3) is 0 Å². The van der Waals surface area contributed by atoms with Crippen molar-refractivity contribution in [3.8, 4) is 0 Å². The Balaban J connectivity index is 2.12. The molecule has 2 nitrogen and oxygen atoms in total. The van der Waals surface area contributed by atoms with Gasteiger partial charge in [0.2, 0.25) is 0 Å². The maximum absolute atomic E-state index is 12.0. The highest BCUT2D eigenvalue weighted by Crippen LogP contribution is 2.16. The summed E-state index contributed by atoms with van der Waals surface area (Å²) >= 11 is 1.62. The van der Waals surface area contributed by atoms with Crippen molar-refractivity contribution in [2.45, 2.75) is 97.0 Å². The van der Waals surface area contributed by atoms with Crippen LogP contribution in [0.5, 0.6) is 0 Å². The molecule has 1 rings (SSSR count). The molecular formula is C20H34O2S. The van der Waals surface area contributed by atoms with Crippen LogP contribution >= 0.6 is 11.3 Å². The van der Waals surface area contributed by atoms with Gasteiger partial charge in [0, 0.05) is 4.88 Å². The molecule has 0 fully saturated rings. The molecule has 0 saturated carbocycles. The van der Waals surface area contributed by atoms with Gasteiger partial charge in [-0.3, -0.25) is 4.79 Å². The lowest BCUT2D eigenvalue weighted by Crippen LogP contribution is -2.19. The molecule has 0 aliphatic carbocycles. The first-order chi connectivity index (χ1) is 11.3. The Hall–Kier alpha value is -0.830. The van der Waals surface area contributed by atoms with E-state index in [2.05, 4.69) is 13.8 Å². The van der Waals surface area contributed by atoms with E-state index < -0.39 is 0 Å². The molecule has 23 heavy (non-hydrogen) atoms. The van der Waals surface area contributed by atoms with Crippen LogP contribution in [0.2, 0.25) is 0 Å². The zero-order chi connectivity index (χ0) is 16.8. The average molecular weight is 339 g/mol. The Morgan fingerprint density at radius 3 is 2.30 bits per heavy atom. The van der Waals surface area contributed by atoms with Crippen molar-refractivity contribution >= 4 is 17.3 Å². The Morgan fingerprint density at radius 1 is 1.00 bits per heavy atom. The molecule has 1 aromatic heterocycles. The predicted octanol–water partition coefficient (Wildman–Crippen LogP) is 6.53. The van der Waals surface area contributed by atoms with Crippen molar-refractivity contribution < 1.29 is 9.53 Å². The molecule has 0 amide bonds. The van der Waals surface area contributed by atoms with Crippen LogP contribution in [0, 0.1) is 0 Å². The van der Waals surface area contributed by atoms with Crippen molar-refractivity contribution in [1.29, 1.82) is 0 Å². The Bertz CT molecular complexity index is 386. The smallest absolute Gasteiger partial charge is 0.311 e. The topological polar surface area (TPSA) is 26.3 Å². The minimum Gasteiger partial charge on any atom is -0.462 e. The zero-order valence-electron chi connectivity index (χ0n) is 15.0. The van der Waals surface area contributed by atoms with Gasteiger partial charge >= 0.3 is 5.97 Å². The third kappa shape index (κ3) is 10.5. The third-order valence-corrected chi connectivity index (χ3v) is 5.06. The number of esters is 1. The second kappa shape index (κ2) is 13.6. The Labute approximate surface area is 146 Å². The molecule has 0 N–H and O–H groups in total. The minimum atomic E-state index is -0.0644. The van der Waals surface area contributed by atoms with Crippen LogP contribution in [0.3, 0.4) is 0 Å². The van der Waals surface area contributed by atoms with Crippen LogP contribution in [0.15, 0.2) is 17.5 Å². The fourth-order valence-corrected chi connectivity index (χ4v) is 3.56. The highest BCUT2D eigenvalue weighted by Gasteiger charge is 2.14. The summed E-state index contributed by atoms with van der Waals surface area (Å²) in [7, 11) is 0. The third-order valence-electron chi connectivity index (χ3n) is 4.19. The van der Waals surface area contributed by atoms with Crippen molar-refractivity contribution in [2.75, 3.05) is 0 Å². The number of rotatable bonds is 14. The molecule has 1 atom stereocenters. The van der Waals surface area contributed by atoms with Gasteiger partial charge < -0.3 is 4.74 Å². The van der Waals surface area contributed by atoms with Gasteiger partial charge in [0.15, 0.2) is 0 Å². The fourth-order valence-electron chi connectivity index (χ4n) is 2.87. The molecule has 1 aromatic rings. The van der Waals surface area contributed by atoms with Crippen LogP contribution in [0.4, 0.5) is 0 Å². The molecule has 0 aliphatic rings. The number of hydrogen-bond donors (Lipinski definition) is 0. The first-order valence-corrected chi connectivity index (χ1v) is 10.4. The summed E-state index contributed by atoms with van der Waals surface area (Å²) in [5.74, 6) is -0.0644. The van der Waals surface area contributed by atoms with E-state index >= 15 is 0 Å². The molecule has 3 heteroatoms. The van der Waals surface area contributed by atoms with Gasteiger partial charge in [-0.05, 0) is 30.7 Å². The largest absolute Gasteiger partial charge is 0.462 e. The molecule has 0 aliphatic heterocycles. The summed E-state index contributed by atoms with van der Waals surface area (Å²) in [6.45, 7) is 4.42. The standard InChI is InChI=1S/C20H34O2S/c1-3-5-6-7-8-9-10-11-14-18(13-4-2)22-20(21)17-19-15-12-16-23-19/h12,15-16,18H,3-11,13-14,17H2,1-2H3. The SMILES string of the molecule is CCCCCCCCCCC(CCC)OC(=O)Cc1cccs1. The molecular weight excluding hydrogens is 304 g/mol. The maximum atomic E-state index is 12.0. The number of unbranched alkanes of at least 4 members (excludes halogenated alkanes) is 7. The molecule has 0 bridgehead atoms. The van der Waals surface area contributed by atoms with Gasteiger partial charge in [-0.1, -0.05) is 71.3 Å². The summed E-state index contributed by atoms with van der Waals surface area (Å²) in [6, 6.07) is 3.98. The second-order valence-corrected chi connectivity index (χ2v) is 7.45. The summed E-state index contributed by atoms with van der Waals surface area (Å²) < 4.78 is 5.69. The Kier molecular flexibility index (Phi) is 11.9. The van der Waals surface area contributed by atoms with Crippen molar-refractivity contribution in [3.05, 3.63) is 22.4 Å². The lowest BCUT2D eigenvalue weighted by atomic mass is 10.0. The van der Waals surface area contributed by atoms with Gasteiger partial charge in [-0.2, -0.15) is 0 Å². The summed E-state index contributed by atoms with van der Waals surface area (Å²) in [5, 5.41) is 2.01. The van der Waals surface area contributed by atoms with E-state index in [-0.39, 0.29) is 12.1 Å². The normalized spacial score (nSPS) is 12.3. The van der Waals surface area contributed by atoms with Gasteiger partial charge in [0.05, 0.1) is 6.42 Å². The zero-order valence-corrected chi connectivity index (χ0v) is 15.8. The van der Waals surface area contributed by atoms with Crippen molar-refractivity contribution in [2.24, 2.45) is 0 Å². The number of thiophene rings is 1. The number of carbonyl (C=O) groups is 1. The molecule has 0 radical (unpaired) electrons. The van der Waals surface area contributed by atoms with E-state index in [1.54, 1.807) is 11.3 Å². The second-order valence-electron chi connectivity index (χ2n) is 6.42. The monoisotopic (exact) mass is 338 g/mol. The lowest BCUT2D eigenvalue weighted by Gasteiger charge is -2.17. The number of carbonyl (C=O) groups excluding carboxylic acids is 1. The number of hydrogen-bond acceptors (Lipinski definition) is 3. The van der Waals surface area contributed by atoms with Crippen LogP contribution in [0.1, 0.15) is 89.4 Å². The highest BCUT2D eigenvalue weighted by molar-refractivity contribution is 7.10. The van der Waals surface area contributed by atoms with Gasteiger partial charge in [-0.15, -0.1) is 11.3 Å². The molecule has 1 heterocycles. The van der Waals surface area contributed by atoms with E-state index in [1.165, 1.54) is 51.4 Å². The first kappa shape index (κ1) is 20.2. The number of ether oxygens (including phenoxy) is 1. The molecule has 0 saturated heterocycles. The first-order valence-electron chi connectivity index (χ1n) is 9.48. The van der Waals surface area contributed by atoms with E-state index in [1.807, 2.05) is 17.5 Å². The van der Waals surface area contributed by atoms with E-state index in [9.17, 15) is 4.79 Å². The molecule has 132 valence electrons. The van der Waals surface area contributed by atoms with Crippen molar-refractivity contribution in [3.63, 3.8) is 0 Å².